The van der Waals surface area contributed by atoms with Crippen molar-refractivity contribution in [2.75, 3.05) is 13.6 Å². The highest BCUT2D eigenvalue weighted by Gasteiger charge is 2.35. The van der Waals surface area contributed by atoms with Gasteiger partial charge in [-0.05, 0) is 36.6 Å². The van der Waals surface area contributed by atoms with Crippen LogP contribution in [0, 0.1) is 17.6 Å². The SMILES string of the molecule is CN(CC(=O)N1N=C(c2ccccc2F)C[C@H]1c1ccc(F)cc1)C(=O)C1CCC1. The highest BCUT2D eigenvalue weighted by Crippen LogP contribution is 2.34. The second-order valence-electron chi connectivity index (χ2n) is 7.86. The Kier molecular flexibility index (Phi) is 5.61. The maximum Gasteiger partial charge on any atom is 0.262 e. The molecule has 2 aliphatic rings. The lowest BCUT2D eigenvalue weighted by molar-refractivity contribution is -0.144. The average molecular weight is 411 g/mol. The Morgan fingerprint density at radius 2 is 1.80 bits per heavy atom. The van der Waals surface area contributed by atoms with E-state index in [-0.39, 0.29) is 30.1 Å². The fourth-order valence-electron chi connectivity index (χ4n) is 3.86. The van der Waals surface area contributed by atoms with Crippen LogP contribution >= 0.6 is 0 Å². The molecule has 0 radical (unpaired) electrons. The fraction of sp³-hybridized carbons (Fsp3) is 0.348. The zero-order valence-electron chi connectivity index (χ0n) is 16.7. The van der Waals surface area contributed by atoms with Crippen molar-refractivity contribution in [2.24, 2.45) is 11.0 Å². The Bertz CT molecular complexity index is 986. The van der Waals surface area contributed by atoms with Crippen molar-refractivity contribution >= 4 is 17.5 Å². The third kappa shape index (κ3) is 3.97. The summed E-state index contributed by atoms with van der Waals surface area (Å²) in [4.78, 5) is 26.9. The van der Waals surface area contributed by atoms with Gasteiger partial charge >= 0.3 is 0 Å². The Morgan fingerprint density at radius 1 is 1.10 bits per heavy atom. The smallest absolute Gasteiger partial charge is 0.262 e. The molecule has 2 amide bonds. The van der Waals surface area contributed by atoms with Gasteiger partial charge in [-0.2, -0.15) is 5.10 Å². The van der Waals surface area contributed by atoms with Crippen LogP contribution in [0.2, 0.25) is 0 Å². The molecule has 0 unspecified atom stereocenters. The van der Waals surface area contributed by atoms with Gasteiger partial charge < -0.3 is 4.90 Å². The van der Waals surface area contributed by atoms with E-state index in [0.717, 1.165) is 19.3 Å². The Labute approximate surface area is 174 Å². The van der Waals surface area contributed by atoms with Crippen molar-refractivity contribution in [2.45, 2.75) is 31.7 Å². The van der Waals surface area contributed by atoms with Gasteiger partial charge in [-0.25, -0.2) is 13.8 Å². The van der Waals surface area contributed by atoms with Crippen molar-refractivity contribution in [3.05, 3.63) is 71.3 Å². The van der Waals surface area contributed by atoms with Gasteiger partial charge in [-0.3, -0.25) is 9.59 Å². The molecule has 4 rings (SSSR count). The lowest BCUT2D eigenvalue weighted by Gasteiger charge is -2.30. The number of rotatable bonds is 5. The number of carbonyl (C=O) groups is 2. The number of halogens is 2. The van der Waals surface area contributed by atoms with Crippen molar-refractivity contribution in [3.63, 3.8) is 0 Å². The highest BCUT2D eigenvalue weighted by atomic mass is 19.1. The molecular weight excluding hydrogens is 388 g/mol. The summed E-state index contributed by atoms with van der Waals surface area (Å²) < 4.78 is 27.7. The summed E-state index contributed by atoms with van der Waals surface area (Å²) in [7, 11) is 1.61. The van der Waals surface area contributed by atoms with Crippen LogP contribution in [0.3, 0.4) is 0 Å². The summed E-state index contributed by atoms with van der Waals surface area (Å²) >= 11 is 0. The number of carbonyl (C=O) groups excluding carboxylic acids is 2. The number of likely N-dealkylation sites (N-methyl/N-ethyl adjacent to an activating group) is 1. The molecule has 0 saturated heterocycles. The zero-order valence-corrected chi connectivity index (χ0v) is 16.7. The van der Waals surface area contributed by atoms with E-state index in [1.54, 1.807) is 37.4 Å². The molecule has 0 bridgehead atoms. The lowest BCUT2D eigenvalue weighted by Crippen LogP contribution is -2.42. The molecule has 156 valence electrons. The molecule has 1 fully saturated rings. The molecule has 5 nitrogen and oxygen atoms in total. The number of hydrogen-bond acceptors (Lipinski definition) is 3. The quantitative estimate of drug-likeness (QED) is 0.749. The van der Waals surface area contributed by atoms with Crippen LogP contribution in [0.1, 0.15) is 42.9 Å². The van der Waals surface area contributed by atoms with Gasteiger partial charge in [0.25, 0.3) is 5.91 Å². The second kappa shape index (κ2) is 8.34. The largest absolute Gasteiger partial charge is 0.336 e. The Hall–Kier alpha value is -3.09. The van der Waals surface area contributed by atoms with Crippen molar-refractivity contribution < 1.29 is 18.4 Å². The lowest BCUT2D eigenvalue weighted by atomic mass is 9.84. The number of hydrazone groups is 1. The molecule has 1 heterocycles. The molecule has 2 aromatic rings. The van der Waals surface area contributed by atoms with E-state index < -0.39 is 11.9 Å². The average Bonchev–Trinajstić information content (AvgIpc) is 3.12. The Morgan fingerprint density at radius 3 is 2.43 bits per heavy atom. The molecule has 2 aromatic carbocycles. The summed E-state index contributed by atoms with van der Waals surface area (Å²) in [5.74, 6) is -1.19. The number of benzene rings is 2. The van der Waals surface area contributed by atoms with Crippen LogP contribution in [-0.4, -0.2) is 41.0 Å². The van der Waals surface area contributed by atoms with Gasteiger partial charge in [0.1, 0.15) is 18.2 Å². The predicted octanol–water partition coefficient (Wildman–Crippen LogP) is 3.90. The normalized spacial score (nSPS) is 18.7. The summed E-state index contributed by atoms with van der Waals surface area (Å²) in [6.07, 6.45) is 3.05. The van der Waals surface area contributed by atoms with Gasteiger partial charge in [0.05, 0.1) is 11.8 Å². The van der Waals surface area contributed by atoms with Crippen molar-refractivity contribution in [1.29, 1.82) is 0 Å². The van der Waals surface area contributed by atoms with E-state index in [9.17, 15) is 18.4 Å². The van der Waals surface area contributed by atoms with E-state index >= 15 is 0 Å². The van der Waals surface area contributed by atoms with E-state index in [1.807, 2.05) is 0 Å². The minimum atomic E-state index is -0.486. The third-order valence-corrected chi connectivity index (χ3v) is 5.81. The second-order valence-corrected chi connectivity index (χ2v) is 7.86. The molecule has 1 saturated carbocycles. The molecule has 0 aromatic heterocycles. The third-order valence-electron chi connectivity index (χ3n) is 5.81. The predicted molar refractivity (Wildman–Crippen MR) is 109 cm³/mol. The molecule has 7 heteroatoms. The molecule has 1 aliphatic carbocycles. The maximum atomic E-state index is 14.3. The van der Waals surface area contributed by atoms with Crippen molar-refractivity contribution in [3.8, 4) is 0 Å². The van der Waals surface area contributed by atoms with E-state index in [4.69, 9.17) is 0 Å². The van der Waals surface area contributed by atoms with Crippen LogP contribution in [0.25, 0.3) is 0 Å². The van der Waals surface area contributed by atoms with Gasteiger partial charge in [0, 0.05) is 24.9 Å². The summed E-state index contributed by atoms with van der Waals surface area (Å²) in [6.45, 7) is -0.110. The van der Waals surface area contributed by atoms with Gasteiger partial charge in [0.2, 0.25) is 5.91 Å². The van der Waals surface area contributed by atoms with Gasteiger partial charge in [0.15, 0.2) is 0 Å². The fourth-order valence-corrected chi connectivity index (χ4v) is 3.86. The molecule has 1 aliphatic heterocycles. The molecule has 0 spiro atoms. The van der Waals surface area contributed by atoms with Crippen LogP contribution in [0.5, 0.6) is 0 Å². The van der Waals surface area contributed by atoms with Crippen molar-refractivity contribution in [1.82, 2.24) is 9.91 Å². The van der Waals surface area contributed by atoms with E-state index in [1.165, 1.54) is 28.1 Å². The van der Waals surface area contributed by atoms with Crippen LogP contribution in [0.4, 0.5) is 8.78 Å². The van der Waals surface area contributed by atoms with E-state index in [2.05, 4.69) is 5.10 Å². The highest BCUT2D eigenvalue weighted by molar-refractivity contribution is 6.03. The first kappa shape index (κ1) is 20.2. The molecule has 0 N–H and O–H groups in total. The summed E-state index contributed by atoms with van der Waals surface area (Å²) in [5.41, 5.74) is 1.48. The first-order valence-electron chi connectivity index (χ1n) is 10.1. The molecule has 1 atom stereocenters. The molecule has 30 heavy (non-hydrogen) atoms. The van der Waals surface area contributed by atoms with E-state index in [0.29, 0.717) is 23.3 Å². The summed E-state index contributed by atoms with van der Waals surface area (Å²) in [5, 5.41) is 5.72. The van der Waals surface area contributed by atoms with Crippen LogP contribution < -0.4 is 0 Å². The monoisotopic (exact) mass is 411 g/mol. The van der Waals surface area contributed by atoms with Gasteiger partial charge in [-0.1, -0.05) is 36.8 Å². The van der Waals surface area contributed by atoms with Gasteiger partial charge in [-0.15, -0.1) is 0 Å². The Balaban J connectivity index is 1.59. The number of amides is 2. The number of nitrogens with zero attached hydrogens (tertiary/aromatic N) is 3. The van der Waals surface area contributed by atoms with Crippen LogP contribution in [-0.2, 0) is 9.59 Å². The molecular formula is C23H23F2N3O2. The first-order chi connectivity index (χ1) is 14.4. The summed E-state index contributed by atoms with van der Waals surface area (Å²) in [6, 6.07) is 11.6. The number of hydrogen-bond donors (Lipinski definition) is 0. The topological polar surface area (TPSA) is 53.0 Å². The van der Waals surface area contributed by atoms with Crippen LogP contribution in [0.15, 0.2) is 53.6 Å². The minimum Gasteiger partial charge on any atom is -0.336 e. The first-order valence-corrected chi connectivity index (χ1v) is 10.1. The zero-order chi connectivity index (χ0) is 21.3. The standard InChI is InChI=1S/C23H23F2N3O2/c1-27(23(30)16-5-4-6-16)14-22(29)28-21(15-9-11-17(24)12-10-15)13-20(26-28)18-7-2-3-8-19(18)25/h2-3,7-12,16,21H,4-6,13-14H2,1H3/t21-/m0/s1. The maximum absolute atomic E-state index is 14.3. The minimum absolute atomic E-state index is 0.00764.